The number of hydrogen-bond donors (Lipinski definition) is 3. The van der Waals surface area contributed by atoms with Crippen molar-refractivity contribution in [1.29, 1.82) is 0 Å². The molecule has 0 atom stereocenters. The second-order valence-corrected chi connectivity index (χ2v) is 4.34. The van der Waals surface area contributed by atoms with Crippen LogP contribution < -0.4 is 16.9 Å². The molecule has 17 heavy (non-hydrogen) atoms. The van der Waals surface area contributed by atoms with Gasteiger partial charge in [0.05, 0.1) is 10.8 Å². The third-order valence-electron chi connectivity index (χ3n) is 1.68. The van der Waals surface area contributed by atoms with Crippen LogP contribution >= 0.6 is 23.4 Å². The Balaban J connectivity index is 2.53. The summed E-state index contributed by atoms with van der Waals surface area (Å²) in [6.07, 6.45) is 0. The summed E-state index contributed by atoms with van der Waals surface area (Å²) in [5.74, 6) is 4.10. The average Bonchev–Trinajstić information content (AvgIpc) is 2.31. The van der Waals surface area contributed by atoms with Gasteiger partial charge in [-0.05, 0) is 18.2 Å². The molecule has 92 valence electrons. The van der Waals surface area contributed by atoms with Crippen molar-refractivity contribution in [3.05, 3.63) is 29.0 Å². The van der Waals surface area contributed by atoms with Gasteiger partial charge in [-0.1, -0.05) is 23.4 Å². The molecular formula is C9H10ClFN4OS. The van der Waals surface area contributed by atoms with Crippen LogP contribution in [-0.2, 0) is 4.79 Å². The van der Waals surface area contributed by atoms with E-state index in [0.29, 0.717) is 5.69 Å². The van der Waals surface area contributed by atoms with Crippen LogP contribution in [0.4, 0.5) is 10.1 Å². The molecule has 0 radical (unpaired) electrons. The molecule has 0 aliphatic rings. The van der Waals surface area contributed by atoms with E-state index in [1.54, 1.807) is 0 Å². The summed E-state index contributed by atoms with van der Waals surface area (Å²) in [5, 5.41) is 5.78. The summed E-state index contributed by atoms with van der Waals surface area (Å²) in [6.45, 7) is 0. The predicted molar refractivity (Wildman–Crippen MR) is 68.3 cm³/mol. The minimum absolute atomic E-state index is 0.0570. The Kier molecular flexibility index (Phi) is 5.05. The Morgan fingerprint density at radius 1 is 1.59 bits per heavy atom. The average molecular weight is 277 g/mol. The van der Waals surface area contributed by atoms with Gasteiger partial charge in [0, 0.05) is 5.69 Å². The lowest BCUT2D eigenvalue weighted by molar-refractivity contribution is -0.113. The molecule has 0 saturated heterocycles. The number of amides is 1. The summed E-state index contributed by atoms with van der Waals surface area (Å²) in [5.41, 5.74) is 5.70. The molecule has 5 N–H and O–H groups in total. The fourth-order valence-corrected chi connectivity index (χ4v) is 1.55. The quantitative estimate of drug-likeness (QED) is 0.336. The molecule has 1 amide bonds. The van der Waals surface area contributed by atoms with Crippen molar-refractivity contribution in [2.24, 2.45) is 16.7 Å². The first-order chi connectivity index (χ1) is 8.02. The van der Waals surface area contributed by atoms with Crippen molar-refractivity contribution < 1.29 is 9.18 Å². The highest BCUT2D eigenvalue weighted by Crippen LogP contribution is 2.19. The number of anilines is 1. The van der Waals surface area contributed by atoms with Gasteiger partial charge < -0.3 is 16.9 Å². The molecule has 5 nitrogen and oxygen atoms in total. The fraction of sp³-hybridized carbons (Fsp3) is 0.111. The number of thioether (sulfide) groups is 1. The molecule has 0 saturated carbocycles. The highest BCUT2D eigenvalue weighted by Gasteiger charge is 2.06. The van der Waals surface area contributed by atoms with Crippen LogP contribution in [0, 0.1) is 5.82 Å². The van der Waals surface area contributed by atoms with E-state index in [4.69, 9.17) is 23.2 Å². The van der Waals surface area contributed by atoms with Gasteiger partial charge in [0.1, 0.15) is 5.82 Å². The van der Waals surface area contributed by atoms with Crippen molar-refractivity contribution >= 4 is 40.1 Å². The summed E-state index contributed by atoms with van der Waals surface area (Å²) >= 11 is 6.55. The van der Waals surface area contributed by atoms with E-state index in [-0.39, 0.29) is 21.9 Å². The molecule has 1 aromatic carbocycles. The van der Waals surface area contributed by atoms with Crippen molar-refractivity contribution in [1.82, 2.24) is 0 Å². The number of rotatable bonds is 3. The molecule has 0 aliphatic heterocycles. The summed E-state index contributed by atoms with van der Waals surface area (Å²) < 4.78 is 12.8. The summed E-state index contributed by atoms with van der Waals surface area (Å²) in [6, 6.07) is 3.89. The van der Waals surface area contributed by atoms with Crippen molar-refractivity contribution in [3.8, 4) is 0 Å². The Labute approximate surface area is 106 Å². The second-order valence-electron chi connectivity index (χ2n) is 2.93. The molecule has 0 bridgehead atoms. The van der Waals surface area contributed by atoms with E-state index in [1.165, 1.54) is 18.2 Å². The van der Waals surface area contributed by atoms with E-state index in [0.717, 1.165) is 11.8 Å². The zero-order valence-electron chi connectivity index (χ0n) is 8.61. The smallest absolute Gasteiger partial charge is 0.234 e. The topological polar surface area (TPSA) is 93.5 Å². The number of hydrazone groups is 1. The van der Waals surface area contributed by atoms with Crippen LogP contribution in [-0.4, -0.2) is 16.8 Å². The summed E-state index contributed by atoms with van der Waals surface area (Å²) in [4.78, 5) is 11.4. The van der Waals surface area contributed by atoms with Crippen LogP contribution in [0.25, 0.3) is 0 Å². The molecule has 0 heterocycles. The first-order valence-corrected chi connectivity index (χ1v) is 5.80. The van der Waals surface area contributed by atoms with Gasteiger partial charge in [-0.2, -0.15) is 5.10 Å². The third-order valence-corrected chi connectivity index (χ3v) is 2.78. The third kappa shape index (κ3) is 4.49. The van der Waals surface area contributed by atoms with Crippen LogP contribution in [0.2, 0.25) is 5.02 Å². The number of benzene rings is 1. The number of nitrogens with zero attached hydrogens (tertiary/aromatic N) is 1. The van der Waals surface area contributed by atoms with Gasteiger partial charge >= 0.3 is 0 Å². The standard InChI is InChI=1S/C9H10ClFN4OS/c10-6-3-5(1-2-7(6)11)14-8(16)4-17-9(12)15-13/h1-3H,4,13H2,(H2,12,15)(H,14,16). The highest BCUT2D eigenvalue weighted by atomic mass is 35.5. The Bertz CT molecular complexity index is 455. The molecule has 8 heteroatoms. The number of hydrogen-bond acceptors (Lipinski definition) is 4. The zero-order chi connectivity index (χ0) is 12.8. The van der Waals surface area contributed by atoms with Crippen LogP contribution in [0.15, 0.2) is 23.3 Å². The number of nitrogens with two attached hydrogens (primary N) is 2. The fourth-order valence-electron chi connectivity index (χ4n) is 0.948. The minimum Gasteiger partial charge on any atom is -0.377 e. The van der Waals surface area contributed by atoms with Gasteiger partial charge in [0.25, 0.3) is 0 Å². The van der Waals surface area contributed by atoms with E-state index in [1.807, 2.05) is 0 Å². The van der Waals surface area contributed by atoms with Gasteiger partial charge in [0.2, 0.25) is 5.91 Å². The van der Waals surface area contributed by atoms with E-state index >= 15 is 0 Å². The minimum atomic E-state index is -0.543. The number of carbonyl (C=O) groups is 1. The Morgan fingerprint density at radius 3 is 2.88 bits per heavy atom. The van der Waals surface area contributed by atoms with E-state index in [9.17, 15) is 9.18 Å². The van der Waals surface area contributed by atoms with E-state index in [2.05, 4.69) is 10.4 Å². The van der Waals surface area contributed by atoms with Crippen LogP contribution in [0.5, 0.6) is 0 Å². The molecule has 0 fully saturated rings. The monoisotopic (exact) mass is 276 g/mol. The van der Waals surface area contributed by atoms with Gasteiger partial charge in [0.15, 0.2) is 5.17 Å². The molecule has 1 rings (SSSR count). The Hall–Kier alpha value is -1.47. The molecular weight excluding hydrogens is 267 g/mol. The molecule has 0 aromatic heterocycles. The van der Waals surface area contributed by atoms with Crippen LogP contribution in [0.3, 0.4) is 0 Å². The predicted octanol–water partition coefficient (Wildman–Crippen LogP) is 1.34. The second kappa shape index (κ2) is 6.31. The van der Waals surface area contributed by atoms with Gasteiger partial charge in [-0.25, -0.2) is 4.39 Å². The molecule has 0 unspecified atom stereocenters. The molecule has 0 aliphatic carbocycles. The van der Waals surface area contributed by atoms with Crippen LogP contribution in [0.1, 0.15) is 0 Å². The zero-order valence-corrected chi connectivity index (χ0v) is 10.2. The lowest BCUT2D eigenvalue weighted by Crippen LogP contribution is -2.18. The molecule has 0 spiro atoms. The van der Waals surface area contributed by atoms with Gasteiger partial charge in [-0.3, -0.25) is 4.79 Å². The maximum atomic E-state index is 12.8. The van der Waals surface area contributed by atoms with Crippen molar-refractivity contribution in [2.45, 2.75) is 0 Å². The first kappa shape index (κ1) is 13.6. The molecule has 1 aromatic rings. The normalized spacial score (nSPS) is 11.3. The van der Waals surface area contributed by atoms with Crippen molar-refractivity contribution in [3.63, 3.8) is 0 Å². The number of halogens is 2. The number of carbonyl (C=O) groups excluding carboxylic acids is 1. The Morgan fingerprint density at radius 2 is 2.29 bits per heavy atom. The lowest BCUT2D eigenvalue weighted by atomic mass is 10.3. The largest absolute Gasteiger partial charge is 0.377 e. The maximum Gasteiger partial charge on any atom is 0.234 e. The van der Waals surface area contributed by atoms with Crippen molar-refractivity contribution in [2.75, 3.05) is 11.1 Å². The lowest BCUT2D eigenvalue weighted by Gasteiger charge is -2.05. The summed E-state index contributed by atoms with van der Waals surface area (Å²) in [7, 11) is 0. The number of amidine groups is 1. The highest BCUT2D eigenvalue weighted by molar-refractivity contribution is 8.14. The van der Waals surface area contributed by atoms with Gasteiger partial charge in [-0.15, -0.1) is 0 Å². The SMILES string of the molecule is NN=C(N)SCC(=O)Nc1ccc(F)c(Cl)c1. The number of nitrogens with one attached hydrogen (secondary N) is 1. The first-order valence-electron chi connectivity index (χ1n) is 4.44. The van der Waals surface area contributed by atoms with E-state index < -0.39 is 5.82 Å². The maximum absolute atomic E-state index is 12.8.